The highest BCUT2D eigenvalue weighted by atomic mass is 32.2. The van der Waals surface area contributed by atoms with Crippen molar-refractivity contribution in [2.24, 2.45) is 0 Å². The second kappa shape index (κ2) is 7.20. The lowest BCUT2D eigenvalue weighted by molar-refractivity contribution is -0.119. The zero-order chi connectivity index (χ0) is 17.0. The average molecular weight is 356 g/mol. The van der Waals surface area contributed by atoms with Crippen LogP contribution in [0.5, 0.6) is 0 Å². The molecule has 2 N–H and O–H groups in total. The van der Waals surface area contributed by atoms with E-state index in [0.29, 0.717) is 17.7 Å². The lowest BCUT2D eigenvalue weighted by Gasteiger charge is -2.06. The van der Waals surface area contributed by atoms with Gasteiger partial charge in [-0.1, -0.05) is 12.1 Å². The van der Waals surface area contributed by atoms with Gasteiger partial charge < -0.3 is 5.32 Å². The smallest absolute Gasteiger partial charge is 0.250 e. The van der Waals surface area contributed by atoms with Crippen molar-refractivity contribution in [3.8, 4) is 0 Å². The first-order chi connectivity index (χ1) is 10.8. The third-order valence-corrected chi connectivity index (χ3v) is 6.09. The second-order valence-corrected chi connectivity index (χ2v) is 8.20. The van der Waals surface area contributed by atoms with Crippen LogP contribution in [0.25, 0.3) is 0 Å². The van der Waals surface area contributed by atoms with Crippen LogP contribution in [0.4, 0.5) is 4.39 Å². The normalized spacial score (nSPS) is 11.4. The predicted octanol–water partition coefficient (Wildman–Crippen LogP) is 2.31. The van der Waals surface area contributed by atoms with Crippen molar-refractivity contribution in [1.82, 2.24) is 10.0 Å². The monoisotopic (exact) mass is 356 g/mol. The molecule has 1 heterocycles. The molecule has 0 unspecified atom stereocenters. The molecule has 2 aromatic rings. The van der Waals surface area contributed by atoms with Gasteiger partial charge in [0.25, 0.3) is 0 Å². The topological polar surface area (TPSA) is 75.3 Å². The molecule has 1 aromatic heterocycles. The van der Waals surface area contributed by atoms with Gasteiger partial charge in [-0.05, 0) is 36.2 Å². The van der Waals surface area contributed by atoms with E-state index in [4.69, 9.17) is 0 Å². The van der Waals surface area contributed by atoms with Crippen LogP contribution < -0.4 is 10.0 Å². The van der Waals surface area contributed by atoms with Gasteiger partial charge in [0.05, 0.1) is 6.54 Å². The summed E-state index contributed by atoms with van der Waals surface area (Å²) in [6, 6.07) is 7.74. The maximum absolute atomic E-state index is 13.5. The third kappa shape index (κ3) is 4.85. The SMILES string of the molecule is CC(=O)NCc1ccc(S(=O)(=O)NCc2ccc(C)c(F)c2)s1. The Balaban J connectivity index is 2.03. The van der Waals surface area contributed by atoms with Crippen molar-refractivity contribution < 1.29 is 17.6 Å². The molecule has 1 aromatic carbocycles. The molecule has 0 aliphatic carbocycles. The van der Waals surface area contributed by atoms with Crippen LogP contribution in [-0.4, -0.2) is 14.3 Å². The van der Waals surface area contributed by atoms with Gasteiger partial charge in [-0.3, -0.25) is 4.79 Å². The lowest BCUT2D eigenvalue weighted by Crippen LogP contribution is -2.22. The van der Waals surface area contributed by atoms with Crippen molar-refractivity contribution in [3.05, 3.63) is 52.2 Å². The summed E-state index contributed by atoms with van der Waals surface area (Å²) in [5, 5.41) is 2.61. The summed E-state index contributed by atoms with van der Waals surface area (Å²) in [4.78, 5) is 11.6. The molecule has 0 aliphatic heterocycles. The number of hydrogen-bond acceptors (Lipinski definition) is 4. The number of thiophene rings is 1. The summed E-state index contributed by atoms with van der Waals surface area (Å²) < 4.78 is 40.5. The fourth-order valence-electron chi connectivity index (χ4n) is 1.81. The average Bonchev–Trinajstić information content (AvgIpc) is 2.96. The van der Waals surface area contributed by atoms with E-state index in [1.54, 1.807) is 25.1 Å². The van der Waals surface area contributed by atoms with Crippen molar-refractivity contribution in [2.45, 2.75) is 31.1 Å². The number of nitrogens with one attached hydrogen (secondary N) is 2. The van der Waals surface area contributed by atoms with Crippen LogP contribution in [0.3, 0.4) is 0 Å². The minimum absolute atomic E-state index is 0.0124. The molecule has 23 heavy (non-hydrogen) atoms. The first-order valence-corrected chi connectivity index (χ1v) is 9.16. The Labute approximate surface area is 138 Å². The first kappa shape index (κ1) is 17.6. The summed E-state index contributed by atoms with van der Waals surface area (Å²) in [5.41, 5.74) is 1.06. The molecule has 0 saturated heterocycles. The van der Waals surface area contributed by atoms with E-state index in [1.807, 2.05) is 0 Å². The van der Waals surface area contributed by atoms with E-state index in [2.05, 4.69) is 10.0 Å². The van der Waals surface area contributed by atoms with E-state index in [-0.39, 0.29) is 22.5 Å². The number of hydrogen-bond donors (Lipinski definition) is 2. The van der Waals surface area contributed by atoms with Gasteiger partial charge in [0.15, 0.2) is 0 Å². The largest absolute Gasteiger partial charge is 0.351 e. The molecule has 5 nitrogen and oxygen atoms in total. The summed E-state index contributed by atoms with van der Waals surface area (Å²) >= 11 is 1.08. The summed E-state index contributed by atoms with van der Waals surface area (Å²) in [7, 11) is -3.67. The summed E-state index contributed by atoms with van der Waals surface area (Å²) in [6.07, 6.45) is 0. The second-order valence-electron chi connectivity index (χ2n) is 5.04. The van der Waals surface area contributed by atoms with E-state index in [9.17, 15) is 17.6 Å². The van der Waals surface area contributed by atoms with Crippen molar-refractivity contribution in [1.29, 1.82) is 0 Å². The Hall–Kier alpha value is -1.77. The number of rotatable bonds is 6. The molecule has 0 bridgehead atoms. The minimum atomic E-state index is -3.67. The number of halogens is 1. The number of benzene rings is 1. The van der Waals surface area contributed by atoms with E-state index in [1.165, 1.54) is 19.1 Å². The summed E-state index contributed by atoms with van der Waals surface area (Å²) in [5.74, 6) is -0.544. The fraction of sp³-hybridized carbons (Fsp3) is 0.267. The first-order valence-electron chi connectivity index (χ1n) is 6.86. The van der Waals surface area contributed by atoms with Gasteiger partial charge in [0, 0.05) is 18.3 Å². The highest BCUT2D eigenvalue weighted by Crippen LogP contribution is 2.21. The third-order valence-electron chi connectivity index (χ3n) is 3.12. The predicted molar refractivity (Wildman–Crippen MR) is 87.0 cm³/mol. The van der Waals surface area contributed by atoms with E-state index >= 15 is 0 Å². The van der Waals surface area contributed by atoms with E-state index in [0.717, 1.165) is 16.2 Å². The Morgan fingerprint density at radius 2 is 1.96 bits per heavy atom. The van der Waals surface area contributed by atoms with Crippen LogP contribution in [0.2, 0.25) is 0 Å². The Morgan fingerprint density at radius 3 is 2.61 bits per heavy atom. The molecule has 2 rings (SSSR count). The van der Waals surface area contributed by atoms with Crippen molar-refractivity contribution in [2.75, 3.05) is 0 Å². The van der Waals surface area contributed by atoms with Crippen molar-refractivity contribution >= 4 is 27.3 Å². The number of amides is 1. The zero-order valence-electron chi connectivity index (χ0n) is 12.7. The Bertz CT molecular complexity index is 816. The molecule has 8 heteroatoms. The molecule has 0 atom stereocenters. The highest BCUT2D eigenvalue weighted by Gasteiger charge is 2.16. The van der Waals surface area contributed by atoms with Gasteiger partial charge in [0.2, 0.25) is 15.9 Å². The zero-order valence-corrected chi connectivity index (χ0v) is 14.4. The van der Waals surface area contributed by atoms with Gasteiger partial charge in [-0.15, -0.1) is 11.3 Å². The molecular weight excluding hydrogens is 339 g/mol. The number of carbonyl (C=O) groups is 1. The number of aryl methyl sites for hydroxylation is 1. The van der Waals surface area contributed by atoms with Crippen LogP contribution in [-0.2, 0) is 27.9 Å². The standard InChI is InChI=1S/C15H17FN2O3S2/c1-10-3-4-12(7-14(10)16)8-18-23(20,21)15-6-5-13(22-15)9-17-11(2)19/h3-7,18H,8-9H2,1-2H3,(H,17,19). The molecule has 124 valence electrons. The molecular formula is C15H17FN2O3S2. The Morgan fingerprint density at radius 1 is 1.22 bits per heavy atom. The molecule has 0 saturated carbocycles. The number of sulfonamides is 1. The summed E-state index contributed by atoms with van der Waals surface area (Å²) in [6.45, 7) is 3.34. The highest BCUT2D eigenvalue weighted by molar-refractivity contribution is 7.91. The maximum atomic E-state index is 13.5. The van der Waals surface area contributed by atoms with Crippen LogP contribution in [0, 0.1) is 12.7 Å². The fourth-order valence-corrected chi connectivity index (χ4v) is 4.16. The van der Waals surface area contributed by atoms with Crippen LogP contribution in [0.1, 0.15) is 22.9 Å². The molecule has 0 radical (unpaired) electrons. The molecule has 0 fully saturated rings. The molecule has 1 amide bonds. The molecule has 0 spiro atoms. The van der Waals surface area contributed by atoms with Crippen LogP contribution in [0.15, 0.2) is 34.5 Å². The minimum Gasteiger partial charge on any atom is -0.351 e. The van der Waals surface area contributed by atoms with Gasteiger partial charge in [-0.25, -0.2) is 17.5 Å². The Kier molecular flexibility index (Phi) is 5.51. The van der Waals surface area contributed by atoms with E-state index < -0.39 is 10.0 Å². The number of carbonyl (C=O) groups excluding carboxylic acids is 1. The van der Waals surface area contributed by atoms with Gasteiger partial charge >= 0.3 is 0 Å². The quantitative estimate of drug-likeness (QED) is 0.834. The van der Waals surface area contributed by atoms with Crippen LogP contribution >= 0.6 is 11.3 Å². The maximum Gasteiger partial charge on any atom is 0.250 e. The van der Waals surface area contributed by atoms with Crippen molar-refractivity contribution in [3.63, 3.8) is 0 Å². The van der Waals surface area contributed by atoms with Gasteiger partial charge in [0.1, 0.15) is 10.0 Å². The lowest BCUT2D eigenvalue weighted by atomic mass is 10.1. The molecule has 0 aliphatic rings. The van der Waals surface area contributed by atoms with Gasteiger partial charge in [-0.2, -0.15) is 0 Å².